The lowest BCUT2D eigenvalue weighted by Crippen LogP contribution is -2.31. The molecule has 1 aliphatic rings. The van der Waals surface area contributed by atoms with Crippen LogP contribution in [0.25, 0.3) is 33.6 Å². The molecule has 3 heterocycles. The molecule has 39 heavy (non-hydrogen) atoms. The van der Waals surface area contributed by atoms with Crippen LogP contribution in [0.2, 0.25) is 0 Å². The van der Waals surface area contributed by atoms with E-state index in [0.717, 1.165) is 78.6 Å². The van der Waals surface area contributed by atoms with Gasteiger partial charge in [-0.2, -0.15) is 0 Å². The second kappa shape index (κ2) is 12.0. The minimum absolute atomic E-state index is 0.0472. The van der Waals surface area contributed by atoms with Gasteiger partial charge in [0, 0.05) is 13.0 Å². The molecule has 0 radical (unpaired) electrons. The number of imidazole rings is 2. The third-order valence-corrected chi connectivity index (χ3v) is 7.45. The van der Waals surface area contributed by atoms with Crippen LogP contribution < -0.4 is 0 Å². The van der Waals surface area contributed by atoms with Gasteiger partial charge in [-0.1, -0.05) is 69.3 Å². The highest BCUT2D eigenvalue weighted by atomic mass is 16.2. The molecule has 2 N–H and O–H groups in total. The normalized spacial score (nSPS) is 15.5. The minimum atomic E-state index is 0.0472. The zero-order valence-corrected chi connectivity index (χ0v) is 23.6. The Morgan fingerprint density at radius 3 is 2.15 bits per heavy atom. The second-order valence-corrected chi connectivity index (χ2v) is 11.2. The maximum Gasteiger partial charge on any atom is 0.223 e. The number of hydrogen-bond donors (Lipinski definition) is 2. The van der Waals surface area contributed by atoms with Crippen molar-refractivity contribution in [1.29, 1.82) is 0 Å². The number of hydrogen-bond acceptors (Lipinski definition) is 4. The number of carbonyl (C=O) groups is 1. The van der Waals surface area contributed by atoms with Gasteiger partial charge in [0.15, 0.2) is 0 Å². The summed E-state index contributed by atoms with van der Waals surface area (Å²) in [5.74, 6) is 2.47. The third-order valence-electron chi connectivity index (χ3n) is 7.45. The number of rotatable bonds is 10. The van der Waals surface area contributed by atoms with E-state index in [1.165, 1.54) is 5.56 Å². The van der Waals surface area contributed by atoms with Gasteiger partial charge < -0.3 is 14.9 Å². The molecule has 1 saturated heterocycles. The lowest BCUT2D eigenvalue weighted by Gasteiger charge is -2.24. The molecule has 4 aromatic rings. The number of H-pyrrole nitrogens is 2. The summed E-state index contributed by atoms with van der Waals surface area (Å²) in [5.41, 5.74) is 6.57. The molecule has 0 aliphatic carbocycles. The molecule has 2 aromatic carbocycles. The van der Waals surface area contributed by atoms with E-state index in [1.54, 1.807) is 0 Å². The largest absolute Gasteiger partial charge is 0.341 e. The average molecular weight is 525 g/mol. The smallest absolute Gasteiger partial charge is 0.223 e. The molecule has 1 unspecified atom stereocenters. The molecule has 7 nitrogen and oxygen atoms in total. The molecule has 1 atom stereocenters. The van der Waals surface area contributed by atoms with Gasteiger partial charge in [-0.05, 0) is 61.0 Å². The number of aromatic amines is 2. The molecule has 204 valence electrons. The average Bonchev–Trinajstić information content (AvgIpc) is 3.69. The number of benzene rings is 2. The summed E-state index contributed by atoms with van der Waals surface area (Å²) in [6.45, 7) is 9.08. The number of nitrogens with zero attached hydrogens (tertiary/aromatic N) is 4. The first-order chi connectivity index (χ1) is 18.9. The fraction of sp³-hybridized carbons (Fsp3) is 0.406. The van der Waals surface area contributed by atoms with E-state index in [2.05, 4.69) is 101 Å². The first kappa shape index (κ1) is 26.9. The minimum Gasteiger partial charge on any atom is -0.341 e. The lowest BCUT2D eigenvalue weighted by molar-refractivity contribution is -0.133. The van der Waals surface area contributed by atoms with Crippen LogP contribution in [0.15, 0.2) is 60.9 Å². The Labute approximate surface area is 231 Å². The summed E-state index contributed by atoms with van der Waals surface area (Å²) in [6.07, 6.45) is 7.52. The quantitative estimate of drug-likeness (QED) is 0.242. The van der Waals surface area contributed by atoms with Crippen molar-refractivity contribution < 1.29 is 4.79 Å². The van der Waals surface area contributed by atoms with E-state index in [9.17, 15) is 4.79 Å². The first-order valence-electron chi connectivity index (χ1n) is 14.2. The molecule has 7 heteroatoms. The fourth-order valence-corrected chi connectivity index (χ4v) is 5.46. The van der Waals surface area contributed by atoms with E-state index < -0.39 is 0 Å². The maximum atomic E-state index is 12.7. The number of carbonyl (C=O) groups excluding carboxylic acids is 1. The molecule has 2 aromatic heterocycles. The summed E-state index contributed by atoms with van der Waals surface area (Å²) in [4.78, 5) is 33.2. The van der Waals surface area contributed by atoms with Crippen LogP contribution in [-0.2, 0) is 11.3 Å². The summed E-state index contributed by atoms with van der Waals surface area (Å²) in [5, 5.41) is 0. The Morgan fingerprint density at radius 2 is 1.54 bits per heavy atom. The molecule has 1 aliphatic heterocycles. The molecule has 0 bridgehead atoms. The Hall–Kier alpha value is -3.71. The zero-order chi connectivity index (χ0) is 27.4. The van der Waals surface area contributed by atoms with Gasteiger partial charge in [-0.25, -0.2) is 9.97 Å². The highest BCUT2D eigenvalue weighted by Crippen LogP contribution is 2.33. The predicted molar refractivity (Wildman–Crippen MR) is 157 cm³/mol. The Morgan fingerprint density at radius 1 is 0.949 bits per heavy atom. The standard InChI is InChI=1S/C32H40N6O/c1-5-16-37(4)21-30-33-19-27(35-30)25-12-8-23(9-13-25)24-10-14-26(15-11-24)28-20-34-32(36-28)29-7-6-17-38(29)31(39)18-22(2)3/h8-15,19-20,22,29H,5-7,16-18,21H2,1-4H3,(H,33,35)(H,34,36). The van der Waals surface area contributed by atoms with Gasteiger partial charge in [-0.15, -0.1) is 0 Å². The fourth-order valence-electron chi connectivity index (χ4n) is 5.46. The van der Waals surface area contributed by atoms with Crippen LogP contribution in [0, 0.1) is 5.92 Å². The molecule has 1 fully saturated rings. The van der Waals surface area contributed by atoms with E-state index in [-0.39, 0.29) is 11.9 Å². The van der Waals surface area contributed by atoms with E-state index in [4.69, 9.17) is 0 Å². The van der Waals surface area contributed by atoms with Crippen LogP contribution in [0.3, 0.4) is 0 Å². The Balaban J connectivity index is 1.25. The van der Waals surface area contributed by atoms with E-state index >= 15 is 0 Å². The van der Waals surface area contributed by atoms with Gasteiger partial charge in [0.05, 0.1) is 36.4 Å². The van der Waals surface area contributed by atoms with Gasteiger partial charge in [0.2, 0.25) is 5.91 Å². The topological polar surface area (TPSA) is 80.9 Å². The van der Waals surface area contributed by atoms with Crippen molar-refractivity contribution in [3.63, 3.8) is 0 Å². The Bertz CT molecular complexity index is 1370. The number of nitrogens with one attached hydrogen (secondary N) is 2. The molecule has 1 amide bonds. The van der Waals surface area contributed by atoms with Crippen LogP contribution >= 0.6 is 0 Å². The monoisotopic (exact) mass is 524 g/mol. The summed E-state index contributed by atoms with van der Waals surface area (Å²) >= 11 is 0. The highest BCUT2D eigenvalue weighted by molar-refractivity contribution is 5.77. The van der Waals surface area contributed by atoms with Crippen molar-refractivity contribution in [2.24, 2.45) is 5.92 Å². The highest BCUT2D eigenvalue weighted by Gasteiger charge is 2.32. The zero-order valence-electron chi connectivity index (χ0n) is 23.6. The molecular weight excluding hydrogens is 484 g/mol. The van der Waals surface area contributed by atoms with Crippen molar-refractivity contribution in [3.05, 3.63) is 72.6 Å². The van der Waals surface area contributed by atoms with E-state index in [0.29, 0.717) is 12.3 Å². The molecular formula is C32H40N6O. The molecule has 0 spiro atoms. The van der Waals surface area contributed by atoms with Crippen LogP contribution in [-0.4, -0.2) is 55.8 Å². The summed E-state index contributed by atoms with van der Waals surface area (Å²) in [7, 11) is 2.12. The lowest BCUT2D eigenvalue weighted by atomic mass is 10.0. The van der Waals surface area contributed by atoms with E-state index in [1.807, 2.05) is 17.3 Å². The van der Waals surface area contributed by atoms with Crippen molar-refractivity contribution in [2.45, 2.75) is 59.0 Å². The first-order valence-corrected chi connectivity index (χ1v) is 14.2. The SMILES string of the molecule is CCCN(C)Cc1ncc(-c2ccc(-c3ccc(-c4cnc(C5CCCN5C(=O)CC(C)C)[nH]4)cc3)cc2)[nH]1. The number of likely N-dealkylation sites (tertiary alicyclic amines) is 1. The van der Waals surface area contributed by atoms with Crippen LogP contribution in [0.5, 0.6) is 0 Å². The van der Waals surface area contributed by atoms with Crippen LogP contribution in [0.4, 0.5) is 0 Å². The van der Waals surface area contributed by atoms with Crippen molar-refractivity contribution >= 4 is 5.91 Å². The second-order valence-electron chi connectivity index (χ2n) is 11.2. The van der Waals surface area contributed by atoms with Crippen molar-refractivity contribution in [1.82, 2.24) is 29.7 Å². The van der Waals surface area contributed by atoms with Gasteiger partial charge in [-0.3, -0.25) is 9.69 Å². The Kier molecular flexibility index (Phi) is 8.27. The molecule has 5 rings (SSSR count). The predicted octanol–water partition coefficient (Wildman–Crippen LogP) is 6.69. The van der Waals surface area contributed by atoms with Crippen LogP contribution in [0.1, 0.15) is 64.1 Å². The third kappa shape index (κ3) is 6.31. The number of aromatic nitrogens is 4. The summed E-state index contributed by atoms with van der Waals surface area (Å²) < 4.78 is 0. The van der Waals surface area contributed by atoms with Gasteiger partial charge in [0.25, 0.3) is 0 Å². The summed E-state index contributed by atoms with van der Waals surface area (Å²) in [6, 6.07) is 17.2. The van der Waals surface area contributed by atoms with Gasteiger partial charge >= 0.3 is 0 Å². The molecule has 0 saturated carbocycles. The van der Waals surface area contributed by atoms with Crippen molar-refractivity contribution in [3.8, 4) is 33.6 Å². The number of amides is 1. The maximum absolute atomic E-state index is 12.7. The van der Waals surface area contributed by atoms with Crippen molar-refractivity contribution in [2.75, 3.05) is 20.1 Å². The van der Waals surface area contributed by atoms with Gasteiger partial charge in [0.1, 0.15) is 11.6 Å².